The molecule has 0 amide bonds. The van der Waals surface area contributed by atoms with E-state index in [2.05, 4.69) is 0 Å². The minimum atomic E-state index is -3.23. The molecular formula is C14H14ClNO2S. The van der Waals surface area contributed by atoms with E-state index in [-0.39, 0.29) is 4.90 Å². The summed E-state index contributed by atoms with van der Waals surface area (Å²) in [4.78, 5) is 0.274. The van der Waals surface area contributed by atoms with Crippen LogP contribution in [0.2, 0.25) is 5.02 Å². The van der Waals surface area contributed by atoms with Crippen molar-refractivity contribution in [3.05, 3.63) is 47.0 Å². The summed E-state index contributed by atoms with van der Waals surface area (Å²) in [6.07, 6.45) is 1.18. The van der Waals surface area contributed by atoms with Crippen LogP contribution in [-0.4, -0.2) is 14.7 Å². The second kappa shape index (κ2) is 4.87. The smallest absolute Gasteiger partial charge is 0.175 e. The summed E-state index contributed by atoms with van der Waals surface area (Å²) in [6.45, 7) is 1.83. The van der Waals surface area contributed by atoms with Crippen LogP contribution in [0.3, 0.4) is 0 Å². The molecule has 3 nitrogen and oxygen atoms in total. The largest absolute Gasteiger partial charge is 0.398 e. The predicted octanol–water partition coefficient (Wildman–Crippen LogP) is 3.30. The number of nitrogens with two attached hydrogens (primary N) is 1. The van der Waals surface area contributed by atoms with Crippen LogP contribution in [0.25, 0.3) is 11.1 Å². The van der Waals surface area contributed by atoms with E-state index in [0.717, 1.165) is 16.7 Å². The molecule has 0 bridgehead atoms. The Balaban J connectivity index is 2.64. The number of hydrogen-bond donors (Lipinski definition) is 1. The van der Waals surface area contributed by atoms with Gasteiger partial charge in [-0.3, -0.25) is 0 Å². The third-order valence-electron chi connectivity index (χ3n) is 3.00. The number of hydrogen-bond acceptors (Lipinski definition) is 3. The number of sulfone groups is 1. The molecule has 2 aromatic rings. The van der Waals surface area contributed by atoms with Crippen LogP contribution in [0.15, 0.2) is 41.3 Å². The SMILES string of the molecule is Cc1c(N)ccc(-c2cccc(S(C)(=O)=O)c2)c1Cl. The summed E-state index contributed by atoms with van der Waals surface area (Å²) in [6, 6.07) is 10.3. The zero-order chi connectivity index (χ0) is 14.2. The van der Waals surface area contributed by atoms with Crippen molar-refractivity contribution >= 4 is 27.1 Å². The van der Waals surface area contributed by atoms with E-state index in [0.29, 0.717) is 10.7 Å². The quantitative estimate of drug-likeness (QED) is 0.865. The summed E-state index contributed by atoms with van der Waals surface area (Å²) in [5.74, 6) is 0. The minimum absolute atomic E-state index is 0.274. The van der Waals surface area contributed by atoms with Crippen molar-refractivity contribution < 1.29 is 8.42 Å². The maximum absolute atomic E-state index is 11.6. The van der Waals surface area contributed by atoms with E-state index < -0.39 is 9.84 Å². The lowest BCUT2D eigenvalue weighted by atomic mass is 10.0. The van der Waals surface area contributed by atoms with Crippen LogP contribution in [0.1, 0.15) is 5.56 Å². The topological polar surface area (TPSA) is 60.2 Å². The van der Waals surface area contributed by atoms with Crippen LogP contribution >= 0.6 is 11.6 Å². The number of anilines is 1. The molecule has 0 heterocycles. The maximum atomic E-state index is 11.6. The Hall–Kier alpha value is -1.52. The monoisotopic (exact) mass is 295 g/mol. The predicted molar refractivity (Wildman–Crippen MR) is 79.1 cm³/mol. The molecule has 5 heteroatoms. The standard InChI is InChI=1S/C14H14ClNO2S/c1-9-13(16)7-6-12(14(9)15)10-4-3-5-11(8-10)19(2,17)18/h3-8H,16H2,1-2H3. The van der Waals surface area contributed by atoms with Crippen molar-refractivity contribution in [3.63, 3.8) is 0 Å². The molecule has 2 rings (SSSR count). The van der Waals surface area contributed by atoms with Gasteiger partial charge in [0.2, 0.25) is 0 Å². The Morgan fingerprint density at radius 2 is 1.84 bits per heavy atom. The van der Waals surface area contributed by atoms with Gasteiger partial charge >= 0.3 is 0 Å². The highest BCUT2D eigenvalue weighted by Gasteiger charge is 2.12. The fourth-order valence-electron chi connectivity index (χ4n) is 1.82. The molecular weight excluding hydrogens is 282 g/mol. The fourth-order valence-corrected chi connectivity index (χ4v) is 2.77. The summed E-state index contributed by atoms with van der Waals surface area (Å²) >= 11 is 6.27. The van der Waals surface area contributed by atoms with E-state index in [1.54, 1.807) is 30.3 Å². The van der Waals surface area contributed by atoms with E-state index in [1.807, 2.05) is 13.0 Å². The van der Waals surface area contributed by atoms with Crippen LogP contribution in [0.4, 0.5) is 5.69 Å². The van der Waals surface area contributed by atoms with E-state index in [9.17, 15) is 8.42 Å². The second-order valence-electron chi connectivity index (χ2n) is 4.44. The summed E-state index contributed by atoms with van der Waals surface area (Å²) < 4.78 is 23.1. The van der Waals surface area contributed by atoms with E-state index in [1.165, 1.54) is 6.26 Å². The number of rotatable bonds is 2. The lowest BCUT2D eigenvalue weighted by Crippen LogP contribution is -1.97. The molecule has 0 atom stereocenters. The van der Waals surface area contributed by atoms with Gasteiger partial charge < -0.3 is 5.73 Å². The zero-order valence-electron chi connectivity index (χ0n) is 10.6. The van der Waals surface area contributed by atoms with Gasteiger partial charge in [0, 0.05) is 17.5 Å². The lowest BCUT2D eigenvalue weighted by molar-refractivity contribution is 0.602. The molecule has 0 spiro atoms. The van der Waals surface area contributed by atoms with Gasteiger partial charge in [0.15, 0.2) is 9.84 Å². The van der Waals surface area contributed by atoms with Gasteiger partial charge in [-0.2, -0.15) is 0 Å². The van der Waals surface area contributed by atoms with Crippen LogP contribution in [0, 0.1) is 6.92 Å². The Bertz CT molecular complexity index is 739. The van der Waals surface area contributed by atoms with Crippen molar-refractivity contribution in [1.29, 1.82) is 0 Å². The summed E-state index contributed by atoms with van der Waals surface area (Å²) in [5, 5.41) is 0.547. The molecule has 0 aliphatic rings. The van der Waals surface area contributed by atoms with E-state index >= 15 is 0 Å². The highest BCUT2D eigenvalue weighted by molar-refractivity contribution is 7.90. The highest BCUT2D eigenvalue weighted by Crippen LogP contribution is 2.34. The number of halogens is 1. The minimum Gasteiger partial charge on any atom is -0.398 e. The van der Waals surface area contributed by atoms with Crippen molar-refractivity contribution in [2.75, 3.05) is 12.0 Å². The molecule has 0 saturated heterocycles. The Labute approximate surface area is 117 Å². The lowest BCUT2D eigenvalue weighted by Gasteiger charge is -2.10. The summed E-state index contributed by atoms with van der Waals surface area (Å²) in [7, 11) is -3.23. The Kier molecular flexibility index (Phi) is 3.56. The van der Waals surface area contributed by atoms with Gasteiger partial charge in [0.05, 0.1) is 9.92 Å². The van der Waals surface area contributed by atoms with E-state index in [4.69, 9.17) is 17.3 Å². The molecule has 0 aliphatic heterocycles. The highest BCUT2D eigenvalue weighted by atomic mass is 35.5. The molecule has 0 fully saturated rings. The van der Waals surface area contributed by atoms with Gasteiger partial charge in [0.1, 0.15) is 0 Å². The van der Waals surface area contributed by atoms with Gasteiger partial charge in [-0.1, -0.05) is 29.8 Å². The average molecular weight is 296 g/mol. The molecule has 100 valence electrons. The first-order valence-corrected chi connectivity index (χ1v) is 7.92. The average Bonchev–Trinajstić information content (AvgIpc) is 2.35. The first-order chi connectivity index (χ1) is 8.80. The summed E-state index contributed by atoms with van der Waals surface area (Å²) in [5.41, 5.74) is 8.74. The van der Waals surface area contributed by atoms with Crippen LogP contribution in [0.5, 0.6) is 0 Å². The number of nitrogen functional groups attached to an aromatic ring is 1. The van der Waals surface area contributed by atoms with Crippen molar-refractivity contribution in [2.24, 2.45) is 0 Å². The molecule has 0 unspecified atom stereocenters. The molecule has 19 heavy (non-hydrogen) atoms. The second-order valence-corrected chi connectivity index (χ2v) is 6.84. The van der Waals surface area contributed by atoms with Gasteiger partial charge in [-0.15, -0.1) is 0 Å². The molecule has 0 aromatic heterocycles. The molecule has 0 radical (unpaired) electrons. The molecule has 2 aromatic carbocycles. The Morgan fingerprint density at radius 3 is 2.47 bits per heavy atom. The third-order valence-corrected chi connectivity index (χ3v) is 4.60. The maximum Gasteiger partial charge on any atom is 0.175 e. The molecule has 0 aliphatic carbocycles. The normalized spacial score (nSPS) is 11.5. The van der Waals surface area contributed by atoms with Gasteiger partial charge in [-0.25, -0.2) is 8.42 Å². The van der Waals surface area contributed by atoms with Gasteiger partial charge in [-0.05, 0) is 36.2 Å². The van der Waals surface area contributed by atoms with Crippen molar-refractivity contribution in [2.45, 2.75) is 11.8 Å². The van der Waals surface area contributed by atoms with Gasteiger partial charge in [0.25, 0.3) is 0 Å². The van der Waals surface area contributed by atoms with Crippen LogP contribution in [-0.2, 0) is 9.84 Å². The zero-order valence-corrected chi connectivity index (χ0v) is 12.2. The third kappa shape index (κ3) is 2.74. The Morgan fingerprint density at radius 1 is 1.16 bits per heavy atom. The first kappa shape index (κ1) is 13.9. The molecule has 0 saturated carbocycles. The molecule has 2 N–H and O–H groups in total. The number of benzene rings is 2. The fraction of sp³-hybridized carbons (Fsp3) is 0.143. The van der Waals surface area contributed by atoms with Crippen molar-refractivity contribution in [1.82, 2.24) is 0 Å². The van der Waals surface area contributed by atoms with Crippen LogP contribution < -0.4 is 5.73 Å². The first-order valence-electron chi connectivity index (χ1n) is 5.66. The van der Waals surface area contributed by atoms with Crippen molar-refractivity contribution in [3.8, 4) is 11.1 Å².